The number of hydrogen-bond acceptors (Lipinski definition) is 4. The zero-order valence-corrected chi connectivity index (χ0v) is 10.6. The molecular weight excluding hydrogens is 245 g/mol. The van der Waals surface area contributed by atoms with Crippen molar-refractivity contribution in [2.75, 3.05) is 0 Å². The molecule has 3 rings (SSSR count). The summed E-state index contributed by atoms with van der Waals surface area (Å²) in [6.45, 7) is 0. The molecule has 0 amide bonds. The number of hydrogen-bond donors (Lipinski definition) is 1. The fraction of sp³-hybridized carbons (Fsp3) is 0.429. The monoisotopic (exact) mass is 261 g/mol. The van der Waals surface area contributed by atoms with Crippen LogP contribution in [0.3, 0.4) is 0 Å². The van der Waals surface area contributed by atoms with Crippen molar-refractivity contribution in [1.29, 1.82) is 0 Å². The third-order valence-electron chi connectivity index (χ3n) is 3.64. The second-order valence-corrected chi connectivity index (χ2v) is 5.19. The van der Waals surface area contributed by atoms with Gasteiger partial charge >= 0.3 is 0 Å². The molecule has 1 aromatic heterocycles. The quantitative estimate of drug-likeness (QED) is 0.922. The standard InChI is InChI=1S/C14H16FN3O/c15-11-5-3-4-10(8-11)9-12-17-13(19-18-12)14(16)6-1-2-7-14/h3-5,8H,1-2,6-7,9,16H2. The van der Waals surface area contributed by atoms with Crippen LogP contribution in [0.15, 0.2) is 28.8 Å². The van der Waals surface area contributed by atoms with Gasteiger partial charge in [0.05, 0.1) is 5.54 Å². The van der Waals surface area contributed by atoms with Crippen LogP contribution in [0, 0.1) is 5.82 Å². The van der Waals surface area contributed by atoms with Gasteiger partial charge < -0.3 is 10.3 Å². The molecule has 0 saturated heterocycles. The number of aromatic nitrogens is 2. The molecule has 1 fully saturated rings. The maximum atomic E-state index is 13.1. The molecular formula is C14H16FN3O. The minimum atomic E-state index is -0.465. The van der Waals surface area contributed by atoms with Crippen molar-refractivity contribution in [2.24, 2.45) is 5.73 Å². The first-order valence-corrected chi connectivity index (χ1v) is 6.52. The zero-order valence-electron chi connectivity index (χ0n) is 10.6. The van der Waals surface area contributed by atoms with Crippen LogP contribution in [-0.2, 0) is 12.0 Å². The lowest BCUT2D eigenvalue weighted by molar-refractivity contribution is 0.284. The molecule has 0 atom stereocenters. The summed E-state index contributed by atoms with van der Waals surface area (Å²) in [4.78, 5) is 4.36. The molecule has 0 spiro atoms. The molecule has 0 radical (unpaired) electrons. The highest BCUT2D eigenvalue weighted by atomic mass is 19.1. The molecule has 0 aliphatic heterocycles. The highest BCUT2D eigenvalue weighted by Crippen LogP contribution is 2.35. The highest BCUT2D eigenvalue weighted by molar-refractivity contribution is 5.20. The lowest BCUT2D eigenvalue weighted by Gasteiger charge is -2.17. The Kier molecular flexibility index (Phi) is 3.06. The molecule has 19 heavy (non-hydrogen) atoms. The Morgan fingerprint density at radius 1 is 1.32 bits per heavy atom. The molecule has 1 heterocycles. The summed E-state index contributed by atoms with van der Waals surface area (Å²) in [6, 6.07) is 6.41. The largest absolute Gasteiger partial charge is 0.337 e. The molecule has 2 aromatic rings. The Morgan fingerprint density at radius 2 is 2.11 bits per heavy atom. The van der Waals surface area contributed by atoms with Gasteiger partial charge in [0, 0.05) is 6.42 Å². The van der Waals surface area contributed by atoms with E-state index in [1.54, 1.807) is 6.07 Å². The molecule has 0 bridgehead atoms. The topological polar surface area (TPSA) is 64.9 Å². The first kappa shape index (κ1) is 12.3. The van der Waals surface area contributed by atoms with E-state index in [4.69, 9.17) is 10.3 Å². The lowest BCUT2D eigenvalue weighted by atomic mass is 9.99. The van der Waals surface area contributed by atoms with Crippen molar-refractivity contribution < 1.29 is 8.91 Å². The molecule has 1 aromatic carbocycles. The fourth-order valence-corrected chi connectivity index (χ4v) is 2.58. The van der Waals surface area contributed by atoms with Gasteiger partial charge in [0.2, 0.25) is 5.89 Å². The second kappa shape index (κ2) is 4.74. The van der Waals surface area contributed by atoms with E-state index < -0.39 is 5.54 Å². The molecule has 1 aliphatic rings. The van der Waals surface area contributed by atoms with Gasteiger partial charge in [-0.15, -0.1) is 0 Å². The Labute approximate surface area is 110 Å². The predicted octanol–water partition coefficient (Wildman–Crippen LogP) is 2.53. The minimum absolute atomic E-state index is 0.257. The Bertz CT molecular complexity index is 576. The average Bonchev–Trinajstić information content (AvgIpc) is 2.99. The van der Waals surface area contributed by atoms with Crippen LogP contribution < -0.4 is 5.73 Å². The van der Waals surface area contributed by atoms with E-state index in [9.17, 15) is 4.39 Å². The van der Waals surface area contributed by atoms with E-state index in [-0.39, 0.29) is 5.82 Å². The first-order valence-electron chi connectivity index (χ1n) is 6.52. The van der Waals surface area contributed by atoms with E-state index in [2.05, 4.69) is 10.1 Å². The number of nitrogens with two attached hydrogens (primary N) is 1. The smallest absolute Gasteiger partial charge is 0.246 e. The maximum Gasteiger partial charge on any atom is 0.246 e. The summed E-state index contributed by atoms with van der Waals surface area (Å²) in [7, 11) is 0. The maximum absolute atomic E-state index is 13.1. The van der Waals surface area contributed by atoms with Gasteiger partial charge in [-0.1, -0.05) is 30.1 Å². The molecule has 1 aliphatic carbocycles. The van der Waals surface area contributed by atoms with Crippen LogP contribution in [0.2, 0.25) is 0 Å². The molecule has 0 unspecified atom stereocenters. The first-order chi connectivity index (χ1) is 9.16. The highest BCUT2D eigenvalue weighted by Gasteiger charge is 2.36. The number of rotatable bonds is 3. The van der Waals surface area contributed by atoms with Crippen LogP contribution in [0.4, 0.5) is 4.39 Å². The Balaban J connectivity index is 1.78. The second-order valence-electron chi connectivity index (χ2n) is 5.19. The number of halogens is 1. The van der Waals surface area contributed by atoms with E-state index in [1.807, 2.05) is 6.07 Å². The summed E-state index contributed by atoms with van der Waals surface area (Å²) in [5.74, 6) is 0.807. The molecule has 1 saturated carbocycles. The summed E-state index contributed by atoms with van der Waals surface area (Å²) < 4.78 is 18.4. The average molecular weight is 261 g/mol. The third-order valence-corrected chi connectivity index (χ3v) is 3.64. The van der Waals surface area contributed by atoms with Crippen molar-refractivity contribution >= 4 is 0 Å². The fourth-order valence-electron chi connectivity index (χ4n) is 2.58. The third kappa shape index (κ3) is 2.51. The minimum Gasteiger partial charge on any atom is -0.337 e. The van der Waals surface area contributed by atoms with Crippen LogP contribution in [0.5, 0.6) is 0 Å². The van der Waals surface area contributed by atoms with Crippen molar-refractivity contribution in [3.8, 4) is 0 Å². The van der Waals surface area contributed by atoms with Gasteiger partial charge in [0.15, 0.2) is 5.82 Å². The van der Waals surface area contributed by atoms with E-state index in [1.165, 1.54) is 12.1 Å². The summed E-state index contributed by atoms with van der Waals surface area (Å²) >= 11 is 0. The Morgan fingerprint density at radius 3 is 2.84 bits per heavy atom. The van der Waals surface area contributed by atoms with Gasteiger partial charge in [-0.2, -0.15) is 4.98 Å². The molecule has 100 valence electrons. The van der Waals surface area contributed by atoms with Crippen LogP contribution in [0.1, 0.15) is 43.0 Å². The molecule has 5 heteroatoms. The van der Waals surface area contributed by atoms with Gasteiger partial charge in [-0.3, -0.25) is 0 Å². The lowest BCUT2D eigenvalue weighted by Crippen LogP contribution is -2.33. The SMILES string of the molecule is NC1(c2nc(Cc3cccc(F)c3)no2)CCCC1. The van der Waals surface area contributed by atoms with Crippen LogP contribution in [0.25, 0.3) is 0 Å². The van der Waals surface area contributed by atoms with E-state index in [0.717, 1.165) is 31.2 Å². The summed E-state index contributed by atoms with van der Waals surface area (Å²) in [6.07, 6.45) is 4.41. The summed E-state index contributed by atoms with van der Waals surface area (Å²) in [5, 5.41) is 3.94. The zero-order chi connectivity index (χ0) is 13.3. The van der Waals surface area contributed by atoms with Crippen LogP contribution in [-0.4, -0.2) is 10.1 Å². The van der Waals surface area contributed by atoms with Crippen LogP contribution >= 0.6 is 0 Å². The number of nitrogens with zero attached hydrogens (tertiary/aromatic N) is 2. The molecule has 4 nitrogen and oxygen atoms in total. The van der Waals surface area contributed by atoms with Gasteiger partial charge in [-0.05, 0) is 30.5 Å². The molecule has 2 N–H and O–H groups in total. The van der Waals surface area contributed by atoms with Crippen molar-refractivity contribution in [1.82, 2.24) is 10.1 Å². The predicted molar refractivity (Wildman–Crippen MR) is 67.8 cm³/mol. The van der Waals surface area contributed by atoms with Crippen molar-refractivity contribution in [3.63, 3.8) is 0 Å². The van der Waals surface area contributed by atoms with E-state index in [0.29, 0.717) is 18.1 Å². The van der Waals surface area contributed by atoms with Gasteiger partial charge in [-0.25, -0.2) is 4.39 Å². The van der Waals surface area contributed by atoms with Gasteiger partial charge in [0.1, 0.15) is 5.82 Å². The van der Waals surface area contributed by atoms with Gasteiger partial charge in [0.25, 0.3) is 0 Å². The summed E-state index contributed by atoms with van der Waals surface area (Å²) in [5.41, 5.74) is 6.61. The van der Waals surface area contributed by atoms with Crippen molar-refractivity contribution in [2.45, 2.75) is 37.6 Å². The number of benzene rings is 1. The normalized spacial score (nSPS) is 17.8. The van der Waals surface area contributed by atoms with Crippen molar-refractivity contribution in [3.05, 3.63) is 47.4 Å². The van der Waals surface area contributed by atoms with E-state index >= 15 is 0 Å². The Hall–Kier alpha value is -1.75.